The van der Waals surface area contributed by atoms with Gasteiger partial charge in [0, 0.05) is 18.5 Å². The van der Waals surface area contributed by atoms with E-state index in [1.807, 2.05) is 6.07 Å². The molecule has 0 amide bonds. The zero-order valence-corrected chi connectivity index (χ0v) is 12.5. The summed E-state index contributed by atoms with van der Waals surface area (Å²) in [6.07, 6.45) is 2.24. The maximum absolute atomic E-state index is 6.20. The molecule has 0 aromatic heterocycles. The van der Waals surface area contributed by atoms with Crippen LogP contribution < -0.4 is 0 Å². The van der Waals surface area contributed by atoms with Crippen LogP contribution in [0, 0.1) is 5.92 Å². The molecule has 18 heavy (non-hydrogen) atoms. The molecule has 1 aromatic carbocycles. The van der Waals surface area contributed by atoms with Crippen molar-refractivity contribution in [1.29, 1.82) is 0 Å². The van der Waals surface area contributed by atoms with Crippen molar-refractivity contribution in [1.82, 2.24) is 0 Å². The number of rotatable bonds is 5. The lowest BCUT2D eigenvalue weighted by atomic mass is 9.97. The van der Waals surface area contributed by atoms with Crippen LogP contribution in [0.4, 0.5) is 0 Å². The van der Waals surface area contributed by atoms with Crippen LogP contribution in [0.3, 0.4) is 0 Å². The highest BCUT2D eigenvalue weighted by Crippen LogP contribution is 2.29. The minimum Gasteiger partial charge on any atom is -0.381 e. The molecule has 3 heteroatoms. The molecule has 0 radical (unpaired) electrons. The van der Waals surface area contributed by atoms with E-state index in [0.717, 1.165) is 38.0 Å². The summed E-state index contributed by atoms with van der Waals surface area (Å²) in [5.41, 5.74) is 0.994. The fourth-order valence-corrected chi connectivity index (χ4v) is 2.69. The Kier molecular flexibility index (Phi) is 5.22. The lowest BCUT2D eigenvalue weighted by molar-refractivity contribution is -0.0554. The third-order valence-electron chi connectivity index (χ3n) is 3.62. The van der Waals surface area contributed by atoms with Crippen molar-refractivity contribution in [2.75, 3.05) is 25.2 Å². The Labute approximate surface area is 118 Å². The van der Waals surface area contributed by atoms with Gasteiger partial charge in [-0.1, -0.05) is 46.3 Å². The van der Waals surface area contributed by atoms with Gasteiger partial charge in [0.2, 0.25) is 0 Å². The number of alkyl halides is 1. The smallest absolute Gasteiger partial charge is 0.0999 e. The Morgan fingerprint density at radius 1 is 1.28 bits per heavy atom. The molecule has 2 nitrogen and oxygen atoms in total. The first-order chi connectivity index (χ1) is 8.74. The van der Waals surface area contributed by atoms with Crippen LogP contribution in [0.25, 0.3) is 0 Å². The topological polar surface area (TPSA) is 18.5 Å². The Hall–Kier alpha value is -0.380. The van der Waals surface area contributed by atoms with Crippen LogP contribution in [0.2, 0.25) is 0 Å². The normalized spacial score (nSPS) is 20.6. The predicted octanol–water partition coefficient (Wildman–Crippen LogP) is 3.74. The molecule has 2 rings (SSSR count). The third kappa shape index (κ3) is 3.56. The van der Waals surface area contributed by atoms with E-state index in [1.165, 1.54) is 5.56 Å². The minimum atomic E-state index is -0.237. The SMILES string of the molecule is CC(CBr)(OCC1CCOCC1)c1ccccc1. The van der Waals surface area contributed by atoms with Crippen LogP contribution in [-0.2, 0) is 15.1 Å². The summed E-state index contributed by atoms with van der Waals surface area (Å²) in [5.74, 6) is 0.640. The average molecular weight is 313 g/mol. The molecular weight excluding hydrogens is 292 g/mol. The van der Waals surface area contributed by atoms with Crippen molar-refractivity contribution in [3.05, 3.63) is 35.9 Å². The molecule has 0 bridgehead atoms. The third-order valence-corrected chi connectivity index (χ3v) is 4.69. The van der Waals surface area contributed by atoms with Crippen molar-refractivity contribution in [2.45, 2.75) is 25.4 Å². The summed E-state index contributed by atoms with van der Waals surface area (Å²) in [6, 6.07) is 10.4. The van der Waals surface area contributed by atoms with Crippen molar-refractivity contribution in [3.8, 4) is 0 Å². The van der Waals surface area contributed by atoms with Gasteiger partial charge in [0.1, 0.15) is 0 Å². The highest BCUT2D eigenvalue weighted by atomic mass is 79.9. The summed E-state index contributed by atoms with van der Waals surface area (Å²) in [7, 11) is 0. The first-order valence-corrected chi connectivity index (χ1v) is 7.70. The molecule has 0 saturated carbocycles. The first-order valence-electron chi connectivity index (χ1n) is 6.58. The number of hydrogen-bond acceptors (Lipinski definition) is 2. The van der Waals surface area contributed by atoms with Gasteiger partial charge >= 0.3 is 0 Å². The summed E-state index contributed by atoms with van der Waals surface area (Å²) in [5, 5.41) is 0.813. The monoisotopic (exact) mass is 312 g/mol. The molecular formula is C15H21BrO2. The van der Waals surface area contributed by atoms with Crippen molar-refractivity contribution in [3.63, 3.8) is 0 Å². The average Bonchev–Trinajstić information content (AvgIpc) is 2.47. The minimum absolute atomic E-state index is 0.237. The van der Waals surface area contributed by atoms with Gasteiger partial charge in [0.05, 0.1) is 12.2 Å². The second-order valence-corrected chi connectivity index (χ2v) is 5.66. The quantitative estimate of drug-likeness (QED) is 0.771. The lowest BCUT2D eigenvalue weighted by Gasteiger charge is -2.31. The van der Waals surface area contributed by atoms with E-state index in [-0.39, 0.29) is 5.60 Å². The van der Waals surface area contributed by atoms with Crippen LogP contribution in [-0.4, -0.2) is 25.2 Å². The van der Waals surface area contributed by atoms with Gasteiger partial charge in [-0.3, -0.25) is 0 Å². The van der Waals surface area contributed by atoms with Crippen LogP contribution in [0.15, 0.2) is 30.3 Å². The van der Waals surface area contributed by atoms with E-state index in [1.54, 1.807) is 0 Å². The second-order valence-electron chi connectivity index (χ2n) is 5.10. The molecule has 0 N–H and O–H groups in total. The molecule has 0 spiro atoms. The van der Waals surface area contributed by atoms with Gasteiger partial charge in [-0.25, -0.2) is 0 Å². The summed E-state index contributed by atoms with van der Waals surface area (Å²) in [6.45, 7) is 4.73. The summed E-state index contributed by atoms with van der Waals surface area (Å²) >= 11 is 3.58. The maximum atomic E-state index is 6.20. The highest BCUT2D eigenvalue weighted by molar-refractivity contribution is 9.09. The number of benzene rings is 1. The van der Waals surface area contributed by atoms with Gasteiger partial charge in [0.25, 0.3) is 0 Å². The fourth-order valence-electron chi connectivity index (χ4n) is 2.20. The molecule has 1 fully saturated rings. The van der Waals surface area contributed by atoms with E-state index < -0.39 is 0 Å². The summed E-state index contributed by atoms with van der Waals surface area (Å²) in [4.78, 5) is 0. The van der Waals surface area contributed by atoms with Crippen LogP contribution in [0.5, 0.6) is 0 Å². The van der Waals surface area contributed by atoms with Crippen molar-refractivity contribution < 1.29 is 9.47 Å². The number of halogens is 1. The van der Waals surface area contributed by atoms with E-state index in [0.29, 0.717) is 5.92 Å². The molecule has 1 aliphatic heterocycles. The van der Waals surface area contributed by atoms with Gasteiger partial charge in [-0.15, -0.1) is 0 Å². The Morgan fingerprint density at radius 3 is 2.56 bits per heavy atom. The molecule has 0 aliphatic carbocycles. The number of hydrogen-bond donors (Lipinski definition) is 0. The first kappa shape index (κ1) is 14.0. The van der Waals surface area contributed by atoms with Crippen LogP contribution >= 0.6 is 15.9 Å². The molecule has 1 unspecified atom stereocenters. The van der Waals surface area contributed by atoms with E-state index in [4.69, 9.17) is 9.47 Å². The largest absolute Gasteiger partial charge is 0.381 e. The summed E-state index contributed by atoms with van der Waals surface area (Å²) < 4.78 is 11.6. The molecule has 100 valence electrons. The fraction of sp³-hybridized carbons (Fsp3) is 0.600. The van der Waals surface area contributed by atoms with Gasteiger partial charge in [0.15, 0.2) is 0 Å². The standard InChI is InChI=1S/C15H21BrO2/c1-15(12-16,14-5-3-2-4-6-14)18-11-13-7-9-17-10-8-13/h2-6,13H,7-12H2,1H3. The zero-order chi connectivity index (χ0) is 12.8. The highest BCUT2D eigenvalue weighted by Gasteiger charge is 2.27. The number of ether oxygens (including phenoxy) is 2. The molecule has 1 heterocycles. The predicted molar refractivity (Wildman–Crippen MR) is 77.1 cm³/mol. The molecule has 1 aliphatic rings. The molecule has 1 saturated heterocycles. The van der Waals surface area contributed by atoms with Crippen molar-refractivity contribution in [2.24, 2.45) is 5.92 Å². The van der Waals surface area contributed by atoms with E-state index >= 15 is 0 Å². The molecule has 1 aromatic rings. The zero-order valence-electron chi connectivity index (χ0n) is 10.9. The van der Waals surface area contributed by atoms with Gasteiger partial charge in [-0.05, 0) is 31.2 Å². The Morgan fingerprint density at radius 2 is 1.94 bits per heavy atom. The molecule has 1 atom stereocenters. The Balaban J connectivity index is 1.95. The lowest BCUT2D eigenvalue weighted by Crippen LogP contribution is -2.31. The maximum Gasteiger partial charge on any atom is 0.0999 e. The van der Waals surface area contributed by atoms with Crippen molar-refractivity contribution >= 4 is 15.9 Å². The van der Waals surface area contributed by atoms with Gasteiger partial charge < -0.3 is 9.47 Å². The van der Waals surface area contributed by atoms with E-state index in [2.05, 4.69) is 47.1 Å². The van der Waals surface area contributed by atoms with Crippen LogP contribution in [0.1, 0.15) is 25.3 Å². The Bertz CT molecular complexity index is 349. The van der Waals surface area contributed by atoms with E-state index in [9.17, 15) is 0 Å². The second kappa shape index (κ2) is 6.69. The van der Waals surface area contributed by atoms with Gasteiger partial charge in [-0.2, -0.15) is 0 Å².